The lowest BCUT2D eigenvalue weighted by Crippen LogP contribution is -2.46. The van der Waals surface area contributed by atoms with E-state index in [1.54, 1.807) is 11.8 Å². The molecular formula is C14H20ClN3O2. The first kappa shape index (κ1) is 15.0. The number of rotatable bonds is 3. The molecule has 1 aromatic heterocycles. The first-order valence-corrected chi connectivity index (χ1v) is 7.31. The molecule has 2 atom stereocenters. The van der Waals surface area contributed by atoms with Crippen molar-refractivity contribution in [3.63, 3.8) is 0 Å². The number of nitrogens with zero attached hydrogens (tertiary/aromatic N) is 3. The fourth-order valence-corrected chi connectivity index (χ4v) is 2.54. The topological polar surface area (TPSA) is 55.3 Å². The standard InChI is InChI=1S/C14H20ClN3O2/c1-9-7-13(17-11(3)16-9)20-12-5-4-6-18(8-12)14(19)10(2)15/h7,10,12H,4-6,8H2,1-3H3. The molecule has 1 aliphatic heterocycles. The summed E-state index contributed by atoms with van der Waals surface area (Å²) in [6, 6.07) is 1.82. The van der Waals surface area contributed by atoms with E-state index in [1.165, 1.54) is 0 Å². The Labute approximate surface area is 124 Å². The van der Waals surface area contributed by atoms with Crippen LogP contribution >= 0.6 is 11.6 Å². The number of hydrogen-bond donors (Lipinski definition) is 0. The van der Waals surface area contributed by atoms with Gasteiger partial charge in [0.15, 0.2) is 0 Å². The molecule has 0 N–H and O–H groups in total. The van der Waals surface area contributed by atoms with Gasteiger partial charge in [0.25, 0.3) is 0 Å². The highest BCUT2D eigenvalue weighted by molar-refractivity contribution is 6.30. The number of likely N-dealkylation sites (tertiary alicyclic amines) is 1. The molecule has 1 fully saturated rings. The average Bonchev–Trinajstić information content (AvgIpc) is 2.36. The zero-order chi connectivity index (χ0) is 14.7. The van der Waals surface area contributed by atoms with Gasteiger partial charge in [0.1, 0.15) is 17.3 Å². The second-order valence-electron chi connectivity index (χ2n) is 5.18. The predicted octanol–water partition coefficient (Wildman–Crippen LogP) is 2.09. The molecule has 20 heavy (non-hydrogen) atoms. The molecule has 2 rings (SSSR count). The molecule has 110 valence electrons. The maximum Gasteiger partial charge on any atom is 0.240 e. The Kier molecular flexibility index (Phi) is 4.81. The Balaban J connectivity index is 2.00. The number of carbonyl (C=O) groups is 1. The van der Waals surface area contributed by atoms with E-state index in [0.717, 1.165) is 25.1 Å². The minimum Gasteiger partial charge on any atom is -0.472 e. The minimum atomic E-state index is -0.489. The molecular weight excluding hydrogens is 278 g/mol. The number of halogens is 1. The molecule has 1 aliphatic rings. The van der Waals surface area contributed by atoms with Crippen molar-refractivity contribution < 1.29 is 9.53 Å². The number of piperidine rings is 1. The molecule has 0 saturated carbocycles. The third-order valence-electron chi connectivity index (χ3n) is 3.26. The van der Waals surface area contributed by atoms with Gasteiger partial charge in [-0.25, -0.2) is 4.98 Å². The number of aryl methyl sites for hydroxylation is 2. The Bertz CT molecular complexity index is 473. The summed E-state index contributed by atoms with van der Waals surface area (Å²) in [6.45, 7) is 6.76. The number of hydrogen-bond acceptors (Lipinski definition) is 4. The van der Waals surface area contributed by atoms with Crippen LogP contribution in [0.5, 0.6) is 5.88 Å². The maximum atomic E-state index is 11.9. The van der Waals surface area contributed by atoms with Gasteiger partial charge >= 0.3 is 0 Å². The largest absolute Gasteiger partial charge is 0.472 e. The quantitative estimate of drug-likeness (QED) is 0.802. The van der Waals surface area contributed by atoms with Crippen LogP contribution in [-0.4, -0.2) is 45.3 Å². The van der Waals surface area contributed by atoms with Crippen LogP contribution in [0.25, 0.3) is 0 Å². The van der Waals surface area contributed by atoms with Crippen molar-refractivity contribution in [2.45, 2.75) is 45.1 Å². The fraction of sp³-hybridized carbons (Fsp3) is 0.643. The first-order chi connectivity index (χ1) is 9.45. The monoisotopic (exact) mass is 297 g/mol. The number of alkyl halides is 1. The van der Waals surface area contributed by atoms with Gasteiger partial charge in [-0.05, 0) is 33.6 Å². The summed E-state index contributed by atoms with van der Waals surface area (Å²) in [5.74, 6) is 1.24. The lowest BCUT2D eigenvalue weighted by molar-refractivity contribution is -0.133. The van der Waals surface area contributed by atoms with Crippen molar-refractivity contribution in [2.75, 3.05) is 13.1 Å². The Hall–Kier alpha value is -1.36. The van der Waals surface area contributed by atoms with Crippen molar-refractivity contribution in [3.8, 4) is 5.88 Å². The zero-order valence-corrected chi connectivity index (χ0v) is 12.9. The van der Waals surface area contributed by atoms with E-state index in [-0.39, 0.29) is 12.0 Å². The molecule has 0 radical (unpaired) electrons. The highest BCUT2D eigenvalue weighted by Gasteiger charge is 2.27. The third kappa shape index (κ3) is 3.82. The predicted molar refractivity (Wildman–Crippen MR) is 77.1 cm³/mol. The second-order valence-corrected chi connectivity index (χ2v) is 5.83. The summed E-state index contributed by atoms with van der Waals surface area (Å²) in [6.07, 6.45) is 1.81. The molecule has 2 heterocycles. The van der Waals surface area contributed by atoms with Crippen molar-refractivity contribution in [1.29, 1.82) is 0 Å². The van der Waals surface area contributed by atoms with Gasteiger partial charge in [0.05, 0.1) is 6.54 Å². The van der Waals surface area contributed by atoms with E-state index in [0.29, 0.717) is 18.2 Å². The van der Waals surface area contributed by atoms with Crippen LogP contribution in [0.2, 0.25) is 0 Å². The van der Waals surface area contributed by atoms with Gasteiger partial charge in [-0.3, -0.25) is 4.79 Å². The summed E-state index contributed by atoms with van der Waals surface area (Å²) in [5.41, 5.74) is 0.880. The van der Waals surface area contributed by atoms with Crippen molar-refractivity contribution in [1.82, 2.24) is 14.9 Å². The van der Waals surface area contributed by atoms with Crippen LogP contribution in [-0.2, 0) is 4.79 Å². The summed E-state index contributed by atoms with van der Waals surface area (Å²) < 4.78 is 5.89. The SMILES string of the molecule is Cc1cc(OC2CCCN(C(=O)C(C)Cl)C2)nc(C)n1. The molecule has 1 amide bonds. The van der Waals surface area contributed by atoms with Crippen molar-refractivity contribution >= 4 is 17.5 Å². The highest BCUT2D eigenvalue weighted by atomic mass is 35.5. The lowest BCUT2D eigenvalue weighted by atomic mass is 10.1. The fourth-order valence-electron chi connectivity index (χ4n) is 2.40. The van der Waals surface area contributed by atoms with Crippen molar-refractivity contribution in [2.24, 2.45) is 0 Å². The van der Waals surface area contributed by atoms with Crippen LogP contribution < -0.4 is 4.74 Å². The first-order valence-electron chi connectivity index (χ1n) is 6.87. The van der Waals surface area contributed by atoms with E-state index in [9.17, 15) is 4.79 Å². The number of amides is 1. The van der Waals surface area contributed by atoms with Gasteiger partial charge in [-0.2, -0.15) is 4.98 Å². The number of carbonyl (C=O) groups excluding carboxylic acids is 1. The summed E-state index contributed by atoms with van der Waals surface area (Å²) in [4.78, 5) is 22.2. The Morgan fingerprint density at radius 3 is 2.90 bits per heavy atom. The van der Waals surface area contributed by atoms with E-state index in [1.807, 2.05) is 19.9 Å². The summed E-state index contributed by atoms with van der Waals surface area (Å²) in [5, 5.41) is -0.489. The zero-order valence-electron chi connectivity index (χ0n) is 12.1. The van der Waals surface area contributed by atoms with E-state index < -0.39 is 5.38 Å². The number of aromatic nitrogens is 2. The lowest BCUT2D eigenvalue weighted by Gasteiger charge is -2.33. The van der Waals surface area contributed by atoms with Crippen LogP contribution in [0.3, 0.4) is 0 Å². The molecule has 0 aliphatic carbocycles. The smallest absolute Gasteiger partial charge is 0.240 e. The molecule has 0 aromatic carbocycles. The molecule has 1 saturated heterocycles. The Morgan fingerprint density at radius 2 is 2.25 bits per heavy atom. The van der Waals surface area contributed by atoms with Gasteiger partial charge < -0.3 is 9.64 Å². The average molecular weight is 298 g/mol. The van der Waals surface area contributed by atoms with Gasteiger partial charge in [-0.1, -0.05) is 0 Å². The van der Waals surface area contributed by atoms with Crippen LogP contribution in [0.1, 0.15) is 31.3 Å². The normalized spacial score (nSPS) is 20.6. The second kappa shape index (κ2) is 6.39. The van der Waals surface area contributed by atoms with Crippen LogP contribution in [0, 0.1) is 13.8 Å². The van der Waals surface area contributed by atoms with Gasteiger partial charge in [0.2, 0.25) is 11.8 Å². The highest BCUT2D eigenvalue weighted by Crippen LogP contribution is 2.18. The molecule has 2 unspecified atom stereocenters. The maximum absolute atomic E-state index is 11.9. The molecule has 1 aromatic rings. The van der Waals surface area contributed by atoms with Crippen molar-refractivity contribution in [3.05, 3.63) is 17.6 Å². The van der Waals surface area contributed by atoms with E-state index >= 15 is 0 Å². The molecule has 6 heteroatoms. The number of ether oxygens (including phenoxy) is 1. The van der Waals surface area contributed by atoms with E-state index in [4.69, 9.17) is 16.3 Å². The molecule has 0 bridgehead atoms. The third-order valence-corrected chi connectivity index (χ3v) is 3.45. The van der Waals surface area contributed by atoms with Gasteiger partial charge in [-0.15, -0.1) is 11.6 Å². The molecule has 5 nitrogen and oxygen atoms in total. The molecule has 0 spiro atoms. The summed E-state index contributed by atoms with van der Waals surface area (Å²) in [7, 11) is 0. The Morgan fingerprint density at radius 1 is 1.50 bits per heavy atom. The minimum absolute atomic E-state index is 0.0307. The van der Waals surface area contributed by atoms with E-state index in [2.05, 4.69) is 9.97 Å². The van der Waals surface area contributed by atoms with Gasteiger partial charge in [0, 0.05) is 18.3 Å². The van der Waals surface area contributed by atoms with Crippen LogP contribution in [0.15, 0.2) is 6.07 Å². The van der Waals surface area contributed by atoms with Crippen LogP contribution in [0.4, 0.5) is 0 Å². The summed E-state index contributed by atoms with van der Waals surface area (Å²) >= 11 is 5.86.